The summed E-state index contributed by atoms with van der Waals surface area (Å²) in [7, 11) is 0. The number of rotatable bonds is 9. The summed E-state index contributed by atoms with van der Waals surface area (Å²) >= 11 is 1.86. The summed E-state index contributed by atoms with van der Waals surface area (Å²) in [5, 5.41) is 2.62. The predicted octanol–water partition coefficient (Wildman–Crippen LogP) is 14.5. The average molecular weight is 699 g/mol. The van der Waals surface area contributed by atoms with Gasteiger partial charge >= 0.3 is 0 Å². The lowest BCUT2D eigenvalue weighted by atomic mass is 10.0. The highest BCUT2D eigenvalue weighted by atomic mass is 32.1. The van der Waals surface area contributed by atoms with E-state index in [1.807, 2.05) is 11.3 Å². The van der Waals surface area contributed by atoms with E-state index in [-0.39, 0.29) is 0 Å². The molecule has 254 valence electrons. The predicted molar refractivity (Wildman–Crippen MR) is 228 cm³/mol. The number of benzene rings is 8. The number of nitrogens with zero attached hydrogens (tertiary/aromatic N) is 2. The Bertz CT molecular complexity index is 2640. The number of anilines is 5. The third-order valence-corrected chi connectivity index (χ3v) is 11.2. The minimum absolute atomic E-state index is 0.780. The molecule has 0 N–H and O–H groups in total. The zero-order chi connectivity index (χ0) is 35.6. The van der Waals surface area contributed by atoms with Crippen molar-refractivity contribution in [3.63, 3.8) is 0 Å². The third kappa shape index (κ3) is 6.59. The summed E-state index contributed by atoms with van der Waals surface area (Å²) in [4.78, 5) is 4.79. The van der Waals surface area contributed by atoms with Gasteiger partial charge in [0.05, 0.1) is 0 Å². The first-order valence-corrected chi connectivity index (χ1v) is 18.9. The van der Waals surface area contributed by atoms with Crippen LogP contribution in [0.5, 0.6) is 0 Å². The van der Waals surface area contributed by atoms with E-state index < -0.39 is 0 Å². The highest BCUT2D eigenvalue weighted by Crippen LogP contribution is 2.42. The van der Waals surface area contributed by atoms with Crippen molar-refractivity contribution >= 4 is 59.9 Å². The Morgan fingerprint density at radius 3 is 1.75 bits per heavy atom. The van der Waals surface area contributed by atoms with Crippen molar-refractivity contribution in [3.05, 3.63) is 211 Å². The van der Waals surface area contributed by atoms with Gasteiger partial charge in [0.15, 0.2) is 0 Å². The van der Waals surface area contributed by atoms with E-state index in [9.17, 15) is 0 Å². The maximum Gasteiger partial charge on any atom is 0.0481 e. The Morgan fingerprint density at radius 1 is 0.396 bits per heavy atom. The first-order chi connectivity index (χ1) is 26.2. The van der Waals surface area contributed by atoms with E-state index in [4.69, 9.17) is 0 Å². The Kier molecular flexibility index (Phi) is 8.77. The lowest BCUT2D eigenvalue weighted by molar-refractivity contribution is 0.969. The Morgan fingerprint density at radius 2 is 0.962 bits per heavy atom. The van der Waals surface area contributed by atoms with E-state index in [2.05, 4.69) is 217 Å². The quantitative estimate of drug-likeness (QED) is 0.148. The van der Waals surface area contributed by atoms with Crippen molar-refractivity contribution in [1.29, 1.82) is 0 Å². The average Bonchev–Trinajstić information content (AvgIpc) is 3.60. The molecule has 9 rings (SSSR count). The molecule has 0 unspecified atom stereocenters. The van der Waals surface area contributed by atoms with E-state index in [0.717, 1.165) is 23.6 Å². The fourth-order valence-electron chi connectivity index (χ4n) is 7.33. The molecule has 0 amide bonds. The molecule has 0 bridgehead atoms. The second-order valence-electron chi connectivity index (χ2n) is 13.5. The smallest absolute Gasteiger partial charge is 0.0481 e. The SMILES string of the molecule is Cc1ccccc1N(Cc1ccc(-c2cccc(N(c3ccc(-c4ccccc4)cc3)c3ccc4c(c3)sc3ccccc34)c2)cc1)c1ccccc1. The summed E-state index contributed by atoms with van der Waals surface area (Å²) in [5.41, 5.74) is 13.1. The summed E-state index contributed by atoms with van der Waals surface area (Å²) < 4.78 is 2.60. The van der Waals surface area contributed by atoms with Gasteiger partial charge in [0.25, 0.3) is 0 Å². The van der Waals surface area contributed by atoms with E-state index in [0.29, 0.717) is 0 Å². The number of thiophene rings is 1. The molecular weight excluding hydrogens is 661 g/mol. The van der Waals surface area contributed by atoms with Crippen LogP contribution < -0.4 is 9.80 Å². The molecule has 53 heavy (non-hydrogen) atoms. The zero-order valence-electron chi connectivity index (χ0n) is 29.6. The zero-order valence-corrected chi connectivity index (χ0v) is 30.4. The molecule has 0 atom stereocenters. The molecule has 0 aliphatic rings. The number of hydrogen-bond acceptors (Lipinski definition) is 3. The number of aryl methyl sites for hydroxylation is 1. The van der Waals surface area contributed by atoms with Crippen LogP contribution in [0, 0.1) is 6.92 Å². The molecule has 8 aromatic carbocycles. The van der Waals surface area contributed by atoms with Crippen LogP contribution in [0.3, 0.4) is 0 Å². The summed E-state index contributed by atoms with van der Waals surface area (Å²) in [6.07, 6.45) is 0. The summed E-state index contributed by atoms with van der Waals surface area (Å²) in [6, 6.07) is 72.4. The third-order valence-electron chi connectivity index (χ3n) is 10.1. The van der Waals surface area contributed by atoms with E-state index >= 15 is 0 Å². The number of hydrogen-bond donors (Lipinski definition) is 0. The van der Waals surface area contributed by atoms with Crippen molar-refractivity contribution in [2.75, 3.05) is 9.80 Å². The number of fused-ring (bicyclic) bond motifs is 3. The van der Waals surface area contributed by atoms with Gasteiger partial charge in [-0.05, 0) is 101 Å². The van der Waals surface area contributed by atoms with Crippen LogP contribution in [0.2, 0.25) is 0 Å². The maximum atomic E-state index is 2.40. The lowest BCUT2D eigenvalue weighted by Gasteiger charge is -2.27. The Labute approximate surface area is 315 Å². The lowest BCUT2D eigenvalue weighted by Crippen LogP contribution is -2.17. The second kappa shape index (κ2) is 14.3. The molecule has 0 saturated heterocycles. The van der Waals surface area contributed by atoms with Crippen LogP contribution >= 0.6 is 11.3 Å². The van der Waals surface area contributed by atoms with Gasteiger partial charge < -0.3 is 9.80 Å². The monoisotopic (exact) mass is 698 g/mol. The second-order valence-corrected chi connectivity index (χ2v) is 14.6. The molecule has 1 heterocycles. The molecule has 0 fully saturated rings. The van der Waals surface area contributed by atoms with Gasteiger partial charge in [-0.15, -0.1) is 11.3 Å². The standard InChI is InChI=1S/C50H38N2S/c1-36-13-8-10-21-48(36)51(42-17-6-3-7-18-42)35-37-23-25-40(26-24-37)41-16-12-19-44(33-41)52(43-29-27-39(28-30-43)38-14-4-2-5-15-38)45-31-32-47-46-20-9-11-22-49(46)53-50(47)34-45/h2-34H,35H2,1H3. The topological polar surface area (TPSA) is 6.48 Å². The molecule has 0 aliphatic carbocycles. The van der Waals surface area contributed by atoms with Crippen LogP contribution in [0.25, 0.3) is 42.4 Å². The molecule has 9 aromatic rings. The summed E-state index contributed by atoms with van der Waals surface area (Å²) in [5.74, 6) is 0. The normalized spacial score (nSPS) is 11.2. The molecule has 2 nitrogen and oxygen atoms in total. The fourth-order valence-corrected chi connectivity index (χ4v) is 8.47. The van der Waals surface area contributed by atoms with Gasteiger partial charge in [-0.2, -0.15) is 0 Å². The largest absolute Gasteiger partial charge is 0.337 e. The van der Waals surface area contributed by atoms with Gasteiger partial charge in [0, 0.05) is 55.2 Å². The summed E-state index contributed by atoms with van der Waals surface area (Å²) in [6.45, 7) is 2.96. The molecule has 0 aliphatic heterocycles. The van der Waals surface area contributed by atoms with Crippen LogP contribution in [-0.4, -0.2) is 0 Å². The van der Waals surface area contributed by atoms with Gasteiger partial charge in [-0.1, -0.05) is 140 Å². The van der Waals surface area contributed by atoms with Gasteiger partial charge in [0.2, 0.25) is 0 Å². The molecular formula is C50H38N2S. The molecule has 0 saturated carbocycles. The molecule has 0 spiro atoms. The first-order valence-electron chi connectivity index (χ1n) is 18.1. The van der Waals surface area contributed by atoms with Gasteiger partial charge in [-0.25, -0.2) is 0 Å². The van der Waals surface area contributed by atoms with Gasteiger partial charge in [-0.3, -0.25) is 0 Å². The fraction of sp³-hybridized carbons (Fsp3) is 0.0400. The van der Waals surface area contributed by atoms with Crippen molar-refractivity contribution in [2.45, 2.75) is 13.5 Å². The van der Waals surface area contributed by atoms with Crippen LogP contribution in [0.1, 0.15) is 11.1 Å². The van der Waals surface area contributed by atoms with Crippen molar-refractivity contribution in [3.8, 4) is 22.3 Å². The highest BCUT2D eigenvalue weighted by molar-refractivity contribution is 7.25. The van der Waals surface area contributed by atoms with Crippen molar-refractivity contribution in [1.82, 2.24) is 0 Å². The molecule has 0 radical (unpaired) electrons. The molecule has 3 heteroatoms. The number of para-hydroxylation sites is 2. The van der Waals surface area contributed by atoms with Crippen LogP contribution in [0.15, 0.2) is 200 Å². The Hall–Kier alpha value is -6.42. The van der Waals surface area contributed by atoms with Gasteiger partial charge in [0.1, 0.15) is 0 Å². The van der Waals surface area contributed by atoms with Crippen LogP contribution in [0.4, 0.5) is 28.4 Å². The highest BCUT2D eigenvalue weighted by Gasteiger charge is 2.17. The minimum Gasteiger partial charge on any atom is -0.337 e. The minimum atomic E-state index is 0.780. The van der Waals surface area contributed by atoms with Crippen molar-refractivity contribution in [2.24, 2.45) is 0 Å². The first kappa shape index (κ1) is 32.5. The maximum absolute atomic E-state index is 2.40. The van der Waals surface area contributed by atoms with Crippen molar-refractivity contribution < 1.29 is 0 Å². The Balaban J connectivity index is 1.07. The van der Waals surface area contributed by atoms with Crippen LogP contribution in [-0.2, 0) is 6.54 Å². The van der Waals surface area contributed by atoms with E-state index in [1.165, 1.54) is 64.9 Å². The van der Waals surface area contributed by atoms with E-state index in [1.54, 1.807) is 0 Å². The molecule has 1 aromatic heterocycles.